The summed E-state index contributed by atoms with van der Waals surface area (Å²) in [5.41, 5.74) is -3.25. The van der Waals surface area contributed by atoms with E-state index in [9.17, 15) is 32.3 Å². The molecule has 0 fully saturated rings. The van der Waals surface area contributed by atoms with Crippen molar-refractivity contribution in [1.82, 2.24) is 19.5 Å². The van der Waals surface area contributed by atoms with Crippen LogP contribution >= 0.6 is 23.1 Å². The van der Waals surface area contributed by atoms with E-state index in [2.05, 4.69) is 20.1 Å². The second-order valence-corrected chi connectivity index (χ2v) is 10.4. The summed E-state index contributed by atoms with van der Waals surface area (Å²) in [5, 5.41) is 21.5. The zero-order chi connectivity index (χ0) is 28.5. The lowest BCUT2D eigenvalue weighted by Crippen LogP contribution is -2.41. The van der Waals surface area contributed by atoms with E-state index >= 15 is 0 Å². The fourth-order valence-corrected chi connectivity index (χ4v) is 6.04. The van der Waals surface area contributed by atoms with Crippen molar-refractivity contribution in [2.45, 2.75) is 18.6 Å². The molecule has 3 heterocycles. The molecule has 0 bridgehead atoms. The number of aliphatic hydroxyl groups is 1. The van der Waals surface area contributed by atoms with Gasteiger partial charge in [0, 0.05) is 34.0 Å². The number of hydrogen-bond donors (Lipinski definition) is 3. The molecular weight excluding hydrogens is 574 g/mol. The van der Waals surface area contributed by atoms with Gasteiger partial charge in [0.2, 0.25) is 6.43 Å². The topological polar surface area (TPSA) is 109 Å². The van der Waals surface area contributed by atoms with Crippen LogP contribution in [0.25, 0.3) is 21.0 Å². The van der Waals surface area contributed by atoms with E-state index in [0.29, 0.717) is 10.1 Å². The standard InChI is InChI=1S/C26H16ClF4N5O3S/c1-36-17(9-19(30)31)13-8-16(32-25(38)23-12-4-2-11(29)7-18(12)40-35-23)21-20(22(13)34-36)24(37)33-26(21,39)14-6-10(28)3-5-15(14)27/h2-8,19,39H,9H2,1H3,(H,32,38)(H,33,37). The minimum absolute atomic E-state index is 0.0123. The van der Waals surface area contributed by atoms with Crippen LogP contribution in [0.4, 0.5) is 23.2 Å². The van der Waals surface area contributed by atoms with Crippen molar-refractivity contribution >= 4 is 61.6 Å². The zero-order valence-corrected chi connectivity index (χ0v) is 21.8. The smallest absolute Gasteiger partial charge is 0.276 e. The monoisotopic (exact) mass is 589 g/mol. The average Bonchev–Trinajstić information content (AvgIpc) is 3.52. The molecule has 1 atom stereocenters. The molecular formula is C26H16ClF4N5O3S. The molecule has 0 saturated heterocycles. The maximum Gasteiger partial charge on any atom is 0.276 e. The summed E-state index contributed by atoms with van der Waals surface area (Å²) in [7, 11) is 1.42. The SMILES string of the molecule is Cn1nc2c3c(c(NC(=O)c4nsc5cc(F)ccc45)cc2c1CC(F)F)C(O)(c1cc(F)ccc1Cl)NC3=O. The summed E-state index contributed by atoms with van der Waals surface area (Å²) in [4.78, 5) is 26.8. The number of benzene rings is 3. The first-order chi connectivity index (χ1) is 19.0. The van der Waals surface area contributed by atoms with Crippen molar-refractivity contribution in [2.24, 2.45) is 7.05 Å². The Bertz CT molecular complexity index is 1890. The lowest BCUT2D eigenvalue weighted by Gasteiger charge is -2.27. The van der Waals surface area contributed by atoms with E-state index in [-0.39, 0.29) is 49.7 Å². The Morgan fingerprint density at radius 1 is 1.18 bits per heavy atom. The van der Waals surface area contributed by atoms with Gasteiger partial charge in [0.05, 0.1) is 28.1 Å². The number of amides is 2. The van der Waals surface area contributed by atoms with Gasteiger partial charge >= 0.3 is 0 Å². The van der Waals surface area contributed by atoms with Gasteiger partial charge in [-0.05, 0) is 54.0 Å². The van der Waals surface area contributed by atoms with Crippen LogP contribution in [0.2, 0.25) is 5.02 Å². The summed E-state index contributed by atoms with van der Waals surface area (Å²) in [6.45, 7) is 0. The minimum atomic E-state index is -2.75. The van der Waals surface area contributed by atoms with Gasteiger partial charge in [0.25, 0.3) is 11.8 Å². The third-order valence-corrected chi connectivity index (χ3v) is 7.84. The molecule has 3 N–H and O–H groups in total. The van der Waals surface area contributed by atoms with Crippen molar-refractivity contribution in [2.75, 3.05) is 5.32 Å². The summed E-state index contributed by atoms with van der Waals surface area (Å²) in [6.07, 6.45) is -3.45. The number of alkyl halides is 2. The van der Waals surface area contributed by atoms with Gasteiger partial charge in [-0.1, -0.05) is 11.6 Å². The summed E-state index contributed by atoms with van der Waals surface area (Å²) in [6, 6.07) is 8.24. The molecule has 0 saturated carbocycles. The lowest BCUT2D eigenvalue weighted by molar-refractivity contribution is 0.0479. The summed E-state index contributed by atoms with van der Waals surface area (Å²) < 4.78 is 60.5. The molecule has 3 aromatic carbocycles. The van der Waals surface area contributed by atoms with Crippen molar-refractivity contribution in [3.8, 4) is 0 Å². The first kappa shape index (κ1) is 26.2. The van der Waals surface area contributed by atoms with Crippen LogP contribution in [0.15, 0.2) is 42.5 Å². The average molecular weight is 590 g/mol. The van der Waals surface area contributed by atoms with Crippen LogP contribution in [0.3, 0.4) is 0 Å². The number of fused-ring (bicyclic) bond motifs is 4. The number of rotatable bonds is 5. The highest BCUT2D eigenvalue weighted by molar-refractivity contribution is 7.13. The molecule has 0 radical (unpaired) electrons. The number of carbonyl (C=O) groups excluding carboxylic acids is 2. The Labute approximate surface area is 231 Å². The fourth-order valence-electron chi connectivity index (χ4n) is 4.99. The number of nitrogens with zero attached hydrogens (tertiary/aromatic N) is 3. The highest BCUT2D eigenvalue weighted by atomic mass is 35.5. The Hall–Kier alpha value is -4.07. The maximum atomic E-state index is 14.3. The molecule has 14 heteroatoms. The van der Waals surface area contributed by atoms with Crippen LogP contribution in [0.5, 0.6) is 0 Å². The second kappa shape index (κ2) is 9.25. The molecule has 204 valence electrons. The number of aryl methyl sites for hydroxylation is 1. The number of carbonyl (C=O) groups is 2. The number of anilines is 1. The number of hydrogen-bond acceptors (Lipinski definition) is 6. The van der Waals surface area contributed by atoms with Crippen LogP contribution in [0.1, 0.15) is 37.7 Å². The van der Waals surface area contributed by atoms with Gasteiger partial charge in [-0.15, -0.1) is 0 Å². The predicted molar refractivity (Wildman–Crippen MR) is 140 cm³/mol. The van der Waals surface area contributed by atoms with E-state index in [0.717, 1.165) is 29.7 Å². The molecule has 0 aliphatic carbocycles. The maximum absolute atomic E-state index is 14.3. The molecule has 1 unspecified atom stereocenters. The van der Waals surface area contributed by atoms with Gasteiger partial charge in [0.1, 0.15) is 22.8 Å². The molecule has 8 nitrogen and oxygen atoms in total. The molecule has 2 aromatic heterocycles. The molecule has 40 heavy (non-hydrogen) atoms. The van der Waals surface area contributed by atoms with Gasteiger partial charge in [0.15, 0.2) is 5.72 Å². The Morgan fingerprint density at radius 3 is 2.65 bits per heavy atom. The Kier molecular flexibility index (Phi) is 6.05. The molecule has 2 amide bonds. The third kappa shape index (κ3) is 4.00. The fraction of sp³-hybridized carbons (Fsp3) is 0.154. The molecule has 0 spiro atoms. The van der Waals surface area contributed by atoms with Crippen molar-refractivity contribution in [3.05, 3.63) is 87.2 Å². The highest BCUT2D eigenvalue weighted by Gasteiger charge is 2.48. The van der Waals surface area contributed by atoms with Crippen molar-refractivity contribution in [3.63, 3.8) is 0 Å². The quantitative estimate of drug-likeness (QED) is 0.247. The van der Waals surface area contributed by atoms with Crippen LogP contribution < -0.4 is 10.6 Å². The van der Waals surface area contributed by atoms with Crippen LogP contribution in [0, 0.1) is 11.6 Å². The number of aromatic nitrogens is 3. The molecule has 1 aliphatic rings. The predicted octanol–water partition coefficient (Wildman–Crippen LogP) is 5.11. The third-order valence-electron chi connectivity index (χ3n) is 6.70. The van der Waals surface area contributed by atoms with Crippen LogP contribution in [-0.4, -0.2) is 37.5 Å². The Balaban J connectivity index is 1.60. The Morgan fingerprint density at radius 2 is 1.90 bits per heavy atom. The molecule has 1 aliphatic heterocycles. The zero-order valence-electron chi connectivity index (χ0n) is 20.2. The van der Waals surface area contributed by atoms with E-state index in [1.165, 1.54) is 36.0 Å². The first-order valence-electron chi connectivity index (χ1n) is 11.7. The van der Waals surface area contributed by atoms with E-state index < -0.39 is 42.0 Å². The van der Waals surface area contributed by atoms with E-state index in [4.69, 9.17) is 11.6 Å². The largest absolute Gasteiger partial charge is 0.363 e. The van der Waals surface area contributed by atoms with E-state index in [1.807, 2.05) is 0 Å². The second-order valence-electron chi connectivity index (χ2n) is 9.15. The molecule has 6 rings (SSSR count). The van der Waals surface area contributed by atoms with Crippen molar-refractivity contribution in [1.29, 1.82) is 0 Å². The summed E-state index contributed by atoms with van der Waals surface area (Å²) >= 11 is 7.18. The van der Waals surface area contributed by atoms with Gasteiger partial charge < -0.3 is 15.7 Å². The molecule has 5 aromatic rings. The normalized spacial score (nSPS) is 16.6. The van der Waals surface area contributed by atoms with Gasteiger partial charge in [-0.2, -0.15) is 9.47 Å². The highest BCUT2D eigenvalue weighted by Crippen LogP contribution is 2.46. The van der Waals surface area contributed by atoms with E-state index in [1.54, 1.807) is 0 Å². The van der Waals surface area contributed by atoms with Crippen LogP contribution in [-0.2, 0) is 19.2 Å². The number of halogens is 5. The minimum Gasteiger partial charge on any atom is -0.363 e. The lowest BCUT2D eigenvalue weighted by atomic mass is 9.90. The van der Waals surface area contributed by atoms with Gasteiger partial charge in [-0.3, -0.25) is 14.3 Å². The number of nitrogens with one attached hydrogen (secondary N) is 2. The first-order valence-corrected chi connectivity index (χ1v) is 12.8. The van der Waals surface area contributed by atoms with Gasteiger partial charge in [-0.25, -0.2) is 17.6 Å². The van der Waals surface area contributed by atoms with Crippen molar-refractivity contribution < 1.29 is 32.3 Å². The summed E-state index contributed by atoms with van der Waals surface area (Å²) in [5.74, 6) is -2.92.